The van der Waals surface area contributed by atoms with Crippen molar-refractivity contribution in [1.29, 1.82) is 0 Å². The molecule has 0 saturated carbocycles. The van der Waals surface area contributed by atoms with Gasteiger partial charge in [0, 0.05) is 12.8 Å². The molecule has 0 aromatic carbocycles. The van der Waals surface area contributed by atoms with Gasteiger partial charge in [0.2, 0.25) is 11.8 Å². The SMILES string of the molecule is CCCCCCCCC/C=C\CCCCCCCC(=O)OC(CCCCC)CCCCCC(=O)NCC(=O)NC(CO)C(=O)O. The maximum Gasteiger partial charge on any atom is 0.328 e. The molecular weight excluding hydrogens is 572 g/mol. The smallest absolute Gasteiger partial charge is 0.328 e. The zero-order valence-electron chi connectivity index (χ0n) is 28.6. The van der Waals surface area contributed by atoms with E-state index >= 15 is 0 Å². The molecule has 2 atom stereocenters. The van der Waals surface area contributed by atoms with Crippen LogP contribution in [0.3, 0.4) is 0 Å². The molecule has 4 N–H and O–H groups in total. The van der Waals surface area contributed by atoms with Gasteiger partial charge in [-0.3, -0.25) is 14.4 Å². The number of carboxylic acids is 1. The third-order valence-corrected chi connectivity index (χ3v) is 8.01. The van der Waals surface area contributed by atoms with E-state index in [1.807, 2.05) is 0 Å². The molecule has 0 aromatic rings. The highest BCUT2D eigenvalue weighted by Gasteiger charge is 2.19. The lowest BCUT2D eigenvalue weighted by Crippen LogP contribution is -2.47. The summed E-state index contributed by atoms with van der Waals surface area (Å²) in [6.07, 6.45) is 29.9. The Morgan fingerprint density at radius 2 is 1.13 bits per heavy atom. The van der Waals surface area contributed by atoms with E-state index in [-0.39, 0.29) is 30.9 Å². The number of amides is 2. The Labute approximate surface area is 273 Å². The maximum atomic E-state index is 12.5. The van der Waals surface area contributed by atoms with Crippen LogP contribution in [0.15, 0.2) is 12.2 Å². The summed E-state index contributed by atoms with van der Waals surface area (Å²) in [6.45, 7) is 3.35. The summed E-state index contributed by atoms with van der Waals surface area (Å²) in [4.78, 5) is 47.1. The third-order valence-electron chi connectivity index (χ3n) is 8.01. The number of carboxylic acid groups (broad SMARTS) is 1. The lowest BCUT2D eigenvalue weighted by Gasteiger charge is -2.18. The summed E-state index contributed by atoms with van der Waals surface area (Å²) in [7, 11) is 0. The number of unbranched alkanes of at least 4 members (excludes halogenated alkanes) is 16. The van der Waals surface area contributed by atoms with Crippen LogP contribution in [0.4, 0.5) is 0 Å². The molecule has 9 heteroatoms. The standard InChI is InChI=1S/C36H66N2O7/c1-3-5-7-8-9-10-11-12-13-14-15-16-17-18-19-24-28-35(42)45-31(25-21-6-4-2)26-22-20-23-27-33(40)37-29-34(41)38-32(30-39)36(43)44/h13-14,31-32,39H,3-12,15-30H2,1-2H3,(H,37,40)(H,38,41)(H,43,44)/b14-13-. The minimum atomic E-state index is -1.39. The Bertz CT molecular complexity index is 787. The number of aliphatic carboxylic acids is 1. The van der Waals surface area contributed by atoms with Gasteiger partial charge >= 0.3 is 11.9 Å². The zero-order valence-corrected chi connectivity index (χ0v) is 28.6. The minimum Gasteiger partial charge on any atom is -0.480 e. The van der Waals surface area contributed by atoms with E-state index < -0.39 is 24.5 Å². The van der Waals surface area contributed by atoms with Crippen LogP contribution in [0.1, 0.15) is 168 Å². The van der Waals surface area contributed by atoms with Crippen LogP contribution < -0.4 is 10.6 Å². The second kappa shape index (κ2) is 31.6. The molecule has 45 heavy (non-hydrogen) atoms. The Kier molecular flexibility index (Phi) is 29.9. The number of aliphatic hydroxyl groups is 1. The third kappa shape index (κ3) is 28.8. The average molecular weight is 639 g/mol. The van der Waals surface area contributed by atoms with Crippen LogP contribution in [-0.4, -0.2) is 59.3 Å². The topological polar surface area (TPSA) is 142 Å². The van der Waals surface area contributed by atoms with Gasteiger partial charge in [0.15, 0.2) is 0 Å². The number of hydrogen-bond donors (Lipinski definition) is 4. The molecular formula is C36H66N2O7. The number of nitrogens with one attached hydrogen (secondary N) is 2. The minimum absolute atomic E-state index is 0.0804. The number of rotatable bonds is 32. The summed E-state index contributed by atoms with van der Waals surface area (Å²) in [5.41, 5.74) is 0. The van der Waals surface area contributed by atoms with E-state index in [1.165, 1.54) is 64.2 Å². The molecule has 0 heterocycles. The van der Waals surface area contributed by atoms with Crippen LogP contribution >= 0.6 is 0 Å². The summed E-state index contributed by atoms with van der Waals surface area (Å²) in [5, 5.41) is 22.4. The quantitative estimate of drug-likeness (QED) is 0.0339. The van der Waals surface area contributed by atoms with Gasteiger partial charge in [-0.15, -0.1) is 0 Å². The average Bonchev–Trinajstić information content (AvgIpc) is 3.02. The molecule has 9 nitrogen and oxygen atoms in total. The number of ether oxygens (including phenoxy) is 1. The summed E-state index contributed by atoms with van der Waals surface area (Å²) < 4.78 is 5.84. The fourth-order valence-electron chi connectivity index (χ4n) is 5.18. The van der Waals surface area contributed by atoms with E-state index in [1.54, 1.807) is 0 Å². The van der Waals surface area contributed by atoms with Crippen molar-refractivity contribution < 1.29 is 34.1 Å². The fraction of sp³-hybridized carbons (Fsp3) is 0.833. The fourth-order valence-corrected chi connectivity index (χ4v) is 5.18. The molecule has 0 aliphatic rings. The second-order valence-electron chi connectivity index (χ2n) is 12.3. The molecule has 0 rings (SSSR count). The first-order chi connectivity index (χ1) is 21.8. The van der Waals surface area contributed by atoms with Gasteiger partial charge in [-0.05, 0) is 64.2 Å². The van der Waals surface area contributed by atoms with Crippen molar-refractivity contribution in [1.82, 2.24) is 10.6 Å². The van der Waals surface area contributed by atoms with Crippen molar-refractivity contribution in [3.8, 4) is 0 Å². The number of carbonyl (C=O) groups excluding carboxylic acids is 3. The van der Waals surface area contributed by atoms with Crippen LogP contribution in [0.25, 0.3) is 0 Å². The molecule has 0 aliphatic heterocycles. The van der Waals surface area contributed by atoms with Crippen LogP contribution in [0.2, 0.25) is 0 Å². The van der Waals surface area contributed by atoms with Gasteiger partial charge in [-0.25, -0.2) is 4.79 Å². The van der Waals surface area contributed by atoms with Gasteiger partial charge < -0.3 is 25.6 Å². The first-order valence-corrected chi connectivity index (χ1v) is 18.1. The van der Waals surface area contributed by atoms with Gasteiger partial charge in [-0.1, -0.05) is 103 Å². The lowest BCUT2D eigenvalue weighted by atomic mass is 10.0. The molecule has 0 bridgehead atoms. The molecule has 0 radical (unpaired) electrons. The number of carbonyl (C=O) groups is 4. The zero-order chi connectivity index (χ0) is 33.4. The Balaban J connectivity index is 3.98. The molecule has 0 fully saturated rings. The van der Waals surface area contributed by atoms with Crippen LogP contribution in [-0.2, 0) is 23.9 Å². The molecule has 0 aromatic heterocycles. The molecule has 0 saturated heterocycles. The van der Waals surface area contributed by atoms with Crippen LogP contribution in [0, 0.1) is 0 Å². The first-order valence-electron chi connectivity index (χ1n) is 18.1. The number of hydrogen-bond acceptors (Lipinski definition) is 6. The Hall–Kier alpha value is -2.42. The van der Waals surface area contributed by atoms with Gasteiger partial charge in [-0.2, -0.15) is 0 Å². The summed E-state index contributed by atoms with van der Waals surface area (Å²) in [5.74, 6) is -2.40. The van der Waals surface area contributed by atoms with Crippen molar-refractivity contribution in [2.24, 2.45) is 0 Å². The predicted octanol–water partition coefficient (Wildman–Crippen LogP) is 7.53. The van der Waals surface area contributed by atoms with Crippen LogP contribution in [0.5, 0.6) is 0 Å². The molecule has 0 aliphatic carbocycles. The van der Waals surface area contributed by atoms with E-state index in [2.05, 4.69) is 36.6 Å². The van der Waals surface area contributed by atoms with Crippen molar-refractivity contribution in [2.75, 3.05) is 13.2 Å². The van der Waals surface area contributed by atoms with E-state index in [4.69, 9.17) is 14.9 Å². The lowest BCUT2D eigenvalue weighted by molar-refractivity contribution is -0.150. The highest BCUT2D eigenvalue weighted by atomic mass is 16.5. The highest BCUT2D eigenvalue weighted by Crippen LogP contribution is 2.17. The van der Waals surface area contributed by atoms with Crippen molar-refractivity contribution in [2.45, 2.75) is 180 Å². The van der Waals surface area contributed by atoms with E-state index in [0.29, 0.717) is 12.8 Å². The first kappa shape index (κ1) is 42.6. The monoisotopic (exact) mass is 638 g/mol. The number of aliphatic hydroxyl groups excluding tert-OH is 1. The number of esters is 1. The largest absolute Gasteiger partial charge is 0.480 e. The maximum absolute atomic E-state index is 12.5. The summed E-state index contributed by atoms with van der Waals surface area (Å²) >= 11 is 0. The van der Waals surface area contributed by atoms with Gasteiger partial charge in [0.05, 0.1) is 13.2 Å². The van der Waals surface area contributed by atoms with Gasteiger partial charge in [0.1, 0.15) is 12.1 Å². The van der Waals surface area contributed by atoms with E-state index in [0.717, 1.165) is 70.6 Å². The van der Waals surface area contributed by atoms with E-state index in [9.17, 15) is 19.2 Å². The molecule has 2 amide bonds. The number of allylic oxidation sites excluding steroid dienone is 2. The van der Waals surface area contributed by atoms with Crippen molar-refractivity contribution >= 4 is 23.8 Å². The second-order valence-corrected chi connectivity index (χ2v) is 12.3. The Morgan fingerprint density at radius 3 is 1.71 bits per heavy atom. The molecule has 262 valence electrons. The van der Waals surface area contributed by atoms with Crippen molar-refractivity contribution in [3.63, 3.8) is 0 Å². The molecule has 2 unspecified atom stereocenters. The Morgan fingerprint density at radius 1 is 0.644 bits per heavy atom. The molecule has 0 spiro atoms. The summed E-state index contributed by atoms with van der Waals surface area (Å²) in [6, 6.07) is -1.39. The highest BCUT2D eigenvalue weighted by molar-refractivity contribution is 5.87. The predicted molar refractivity (Wildman–Crippen MR) is 181 cm³/mol. The normalized spacial score (nSPS) is 12.6. The van der Waals surface area contributed by atoms with Crippen molar-refractivity contribution in [3.05, 3.63) is 12.2 Å². The van der Waals surface area contributed by atoms with Gasteiger partial charge in [0.25, 0.3) is 0 Å².